The molecule has 1 atom stereocenters. The molecule has 4 aromatic rings. The Morgan fingerprint density at radius 2 is 1.91 bits per heavy atom. The van der Waals surface area contributed by atoms with Crippen molar-refractivity contribution in [2.24, 2.45) is 0 Å². The molecule has 0 radical (unpaired) electrons. The average molecular weight is 449 g/mol. The van der Waals surface area contributed by atoms with Crippen molar-refractivity contribution in [1.82, 2.24) is 4.98 Å². The zero-order valence-electron chi connectivity index (χ0n) is 17.9. The molecule has 0 fully saturated rings. The second-order valence-corrected chi connectivity index (χ2v) is 9.00. The van der Waals surface area contributed by atoms with Crippen LogP contribution >= 0.6 is 11.3 Å². The minimum Gasteiger partial charge on any atom is -0.504 e. The van der Waals surface area contributed by atoms with Gasteiger partial charge in [-0.25, -0.2) is 4.98 Å². The van der Waals surface area contributed by atoms with E-state index in [1.165, 1.54) is 29.4 Å². The van der Waals surface area contributed by atoms with Crippen LogP contribution in [0.15, 0.2) is 45.6 Å². The third-order valence-corrected chi connectivity index (χ3v) is 6.84. The summed E-state index contributed by atoms with van der Waals surface area (Å²) in [5, 5.41) is 11.0. The van der Waals surface area contributed by atoms with Crippen molar-refractivity contribution in [2.45, 2.75) is 26.8 Å². The lowest BCUT2D eigenvalue weighted by molar-refractivity contribution is 0.0971. The molecule has 2 aromatic carbocycles. The molecule has 0 saturated heterocycles. The molecule has 5 rings (SSSR count). The molecule has 0 unspecified atom stereocenters. The SMILES string of the molecule is COc1cc([C@@H]2c3c(oc4ccc(C)cc4c3=O)C(=O)N2c2nc(C)c(C)s2)ccc1O. The van der Waals surface area contributed by atoms with Gasteiger partial charge >= 0.3 is 0 Å². The molecule has 2 aromatic heterocycles. The van der Waals surface area contributed by atoms with E-state index in [1.54, 1.807) is 24.3 Å². The second kappa shape index (κ2) is 7.20. The molecular formula is C24H20N2O5S. The topological polar surface area (TPSA) is 92.9 Å². The Morgan fingerprint density at radius 3 is 2.59 bits per heavy atom. The van der Waals surface area contributed by atoms with E-state index < -0.39 is 11.9 Å². The first-order valence-electron chi connectivity index (χ1n) is 10.0. The normalized spacial score (nSPS) is 15.4. The van der Waals surface area contributed by atoms with E-state index in [0.29, 0.717) is 21.7 Å². The molecule has 1 aliphatic heterocycles. The highest BCUT2D eigenvalue weighted by atomic mass is 32.1. The third-order valence-electron chi connectivity index (χ3n) is 5.77. The minimum absolute atomic E-state index is 0.00824. The lowest BCUT2D eigenvalue weighted by atomic mass is 9.98. The quantitative estimate of drug-likeness (QED) is 0.491. The fourth-order valence-electron chi connectivity index (χ4n) is 4.02. The Kier molecular flexibility index (Phi) is 4.56. The summed E-state index contributed by atoms with van der Waals surface area (Å²) in [7, 11) is 1.45. The summed E-state index contributed by atoms with van der Waals surface area (Å²) in [4.78, 5) is 34.3. The first-order valence-corrected chi connectivity index (χ1v) is 10.8. The summed E-state index contributed by atoms with van der Waals surface area (Å²) in [6.07, 6.45) is 0. The summed E-state index contributed by atoms with van der Waals surface area (Å²) >= 11 is 1.38. The fourth-order valence-corrected chi connectivity index (χ4v) is 4.96. The molecule has 8 heteroatoms. The highest BCUT2D eigenvalue weighted by Gasteiger charge is 2.45. The van der Waals surface area contributed by atoms with Crippen molar-refractivity contribution in [3.05, 3.63) is 79.6 Å². The van der Waals surface area contributed by atoms with Crippen LogP contribution in [0.2, 0.25) is 0 Å². The zero-order valence-corrected chi connectivity index (χ0v) is 18.7. The van der Waals surface area contributed by atoms with E-state index in [1.807, 2.05) is 26.8 Å². The van der Waals surface area contributed by atoms with Gasteiger partial charge in [0.1, 0.15) is 5.58 Å². The van der Waals surface area contributed by atoms with Gasteiger partial charge in [-0.1, -0.05) is 17.7 Å². The molecule has 7 nitrogen and oxygen atoms in total. The Bertz CT molecular complexity index is 1450. The largest absolute Gasteiger partial charge is 0.504 e. The maximum atomic E-state index is 13.6. The van der Waals surface area contributed by atoms with Gasteiger partial charge in [-0.2, -0.15) is 0 Å². The van der Waals surface area contributed by atoms with Gasteiger partial charge in [0, 0.05) is 4.88 Å². The number of hydrogen-bond acceptors (Lipinski definition) is 7. The van der Waals surface area contributed by atoms with Crippen LogP contribution in [0.25, 0.3) is 11.0 Å². The number of benzene rings is 2. The lowest BCUT2D eigenvalue weighted by Gasteiger charge is -2.23. The van der Waals surface area contributed by atoms with Gasteiger partial charge in [0.05, 0.1) is 29.8 Å². The van der Waals surface area contributed by atoms with Gasteiger partial charge < -0.3 is 14.3 Å². The predicted octanol–water partition coefficient (Wildman–Crippen LogP) is 4.64. The fraction of sp³-hybridized carbons (Fsp3) is 0.208. The number of aromatic nitrogens is 1. The van der Waals surface area contributed by atoms with E-state index in [0.717, 1.165) is 16.1 Å². The summed E-state index contributed by atoms with van der Waals surface area (Å²) in [6.45, 7) is 5.71. The van der Waals surface area contributed by atoms with E-state index >= 15 is 0 Å². The summed E-state index contributed by atoms with van der Waals surface area (Å²) in [5.41, 5.74) is 2.70. The van der Waals surface area contributed by atoms with Crippen molar-refractivity contribution < 1.29 is 19.1 Å². The molecule has 1 N–H and O–H groups in total. The van der Waals surface area contributed by atoms with Crippen LogP contribution in [-0.2, 0) is 0 Å². The van der Waals surface area contributed by atoms with Crippen molar-refractivity contribution in [2.75, 3.05) is 12.0 Å². The van der Waals surface area contributed by atoms with Gasteiger partial charge in [0.2, 0.25) is 5.76 Å². The molecule has 1 aliphatic rings. The number of amides is 1. The predicted molar refractivity (Wildman–Crippen MR) is 122 cm³/mol. The third kappa shape index (κ3) is 2.90. The Morgan fingerprint density at radius 1 is 1.12 bits per heavy atom. The van der Waals surface area contributed by atoms with Gasteiger partial charge in [-0.05, 0) is 50.6 Å². The van der Waals surface area contributed by atoms with Gasteiger partial charge in [-0.3, -0.25) is 14.5 Å². The smallest absolute Gasteiger partial charge is 0.297 e. The number of carbonyl (C=O) groups excluding carboxylic acids is 1. The molecule has 0 bridgehead atoms. The Hall–Kier alpha value is -3.65. The number of nitrogens with zero attached hydrogens (tertiary/aromatic N) is 2. The zero-order chi connectivity index (χ0) is 22.7. The summed E-state index contributed by atoms with van der Waals surface area (Å²) < 4.78 is 11.3. The van der Waals surface area contributed by atoms with Gasteiger partial charge in [0.25, 0.3) is 5.91 Å². The maximum Gasteiger partial charge on any atom is 0.297 e. The Balaban J connectivity index is 1.83. The number of methoxy groups -OCH3 is 1. The summed E-state index contributed by atoms with van der Waals surface area (Å²) in [5.74, 6) is -0.204. The molecule has 32 heavy (non-hydrogen) atoms. The standard InChI is InChI=1S/C24H20N2O5S/c1-11-5-8-17-15(9-11)21(28)19-20(14-6-7-16(27)18(10-14)30-4)26(23(29)22(19)31-17)24-25-12(2)13(3)32-24/h5-10,20,27H,1-4H3/t20-/m1/s1. The van der Waals surface area contributed by atoms with E-state index in [-0.39, 0.29) is 28.3 Å². The number of aromatic hydroxyl groups is 1. The number of phenols is 1. The number of ether oxygens (including phenoxy) is 1. The van der Waals surface area contributed by atoms with Gasteiger partial charge in [0.15, 0.2) is 22.1 Å². The number of hydrogen-bond donors (Lipinski definition) is 1. The number of phenolic OH excluding ortho intramolecular Hbond substituents is 1. The van der Waals surface area contributed by atoms with Crippen LogP contribution in [0, 0.1) is 20.8 Å². The van der Waals surface area contributed by atoms with Crippen LogP contribution in [0.1, 0.15) is 43.9 Å². The molecule has 1 amide bonds. The monoisotopic (exact) mass is 448 g/mol. The maximum absolute atomic E-state index is 13.6. The first kappa shape index (κ1) is 20.3. The molecule has 3 heterocycles. The van der Waals surface area contributed by atoms with Gasteiger partial charge in [-0.15, -0.1) is 11.3 Å². The highest BCUT2D eigenvalue weighted by Crippen LogP contribution is 2.44. The van der Waals surface area contributed by atoms with Crippen LogP contribution in [0.4, 0.5) is 5.13 Å². The van der Waals surface area contributed by atoms with Crippen LogP contribution < -0.4 is 15.1 Å². The van der Waals surface area contributed by atoms with E-state index in [9.17, 15) is 14.7 Å². The van der Waals surface area contributed by atoms with Crippen LogP contribution in [0.5, 0.6) is 11.5 Å². The van der Waals surface area contributed by atoms with Crippen molar-refractivity contribution in [3.8, 4) is 11.5 Å². The molecule has 0 saturated carbocycles. The molecular weight excluding hydrogens is 428 g/mol. The highest BCUT2D eigenvalue weighted by molar-refractivity contribution is 7.15. The van der Waals surface area contributed by atoms with Crippen molar-refractivity contribution >= 4 is 33.3 Å². The number of aryl methyl sites for hydroxylation is 3. The molecule has 0 aliphatic carbocycles. The van der Waals surface area contributed by atoms with E-state index in [2.05, 4.69) is 4.98 Å². The average Bonchev–Trinajstić information content (AvgIpc) is 3.25. The van der Waals surface area contributed by atoms with Crippen molar-refractivity contribution in [3.63, 3.8) is 0 Å². The molecule has 0 spiro atoms. The number of thiazole rings is 1. The lowest BCUT2D eigenvalue weighted by Crippen LogP contribution is -2.29. The van der Waals surface area contributed by atoms with Crippen molar-refractivity contribution in [1.29, 1.82) is 0 Å². The second-order valence-electron chi connectivity index (χ2n) is 7.82. The number of anilines is 1. The number of carbonyl (C=O) groups is 1. The minimum atomic E-state index is -0.766. The molecule has 162 valence electrons. The first-order chi connectivity index (χ1) is 15.3. The van der Waals surface area contributed by atoms with Crippen LogP contribution in [0.3, 0.4) is 0 Å². The summed E-state index contributed by atoms with van der Waals surface area (Å²) in [6, 6.07) is 9.33. The Labute approximate surface area is 187 Å². The van der Waals surface area contributed by atoms with Crippen LogP contribution in [-0.4, -0.2) is 23.1 Å². The van der Waals surface area contributed by atoms with E-state index in [4.69, 9.17) is 9.15 Å². The number of rotatable bonds is 3. The number of fused-ring (bicyclic) bond motifs is 2.